The molecule has 116 valence electrons. The van der Waals surface area contributed by atoms with Crippen molar-refractivity contribution in [2.75, 3.05) is 13.2 Å². The maximum absolute atomic E-state index is 12.1. The van der Waals surface area contributed by atoms with Crippen LogP contribution in [-0.4, -0.2) is 30.7 Å². The Kier molecular flexibility index (Phi) is 5.16. The van der Waals surface area contributed by atoms with E-state index in [2.05, 4.69) is 10.3 Å². The quantitative estimate of drug-likeness (QED) is 0.654. The summed E-state index contributed by atoms with van der Waals surface area (Å²) in [5.74, 6) is -1.03. The van der Waals surface area contributed by atoms with Crippen LogP contribution in [0.5, 0.6) is 0 Å². The number of benzene rings is 1. The highest BCUT2D eigenvalue weighted by atomic mass is 35.5. The van der Waals surface area contributed by atoms with Gasteiger partial charge in [-0.3, -0.25) is 4.79 Å². The van der Waals surface area contributed by atoms with Crippen molar-refractivity contribution < 1.29 is 14.3 Å². The van der Waals surface area contributed by atoms with E-state index < -0.39 is 5.97 Å². The van der Waals surface area contributed by atoms with Crippen LogP contribution in [0.4, 0.5) is 5.69 Å². The number of ether oxygens (including phenoxy) is 1. The van der Waals surface area contributed by atoms with E-state index in [0.717, 1.165) is 0 Å². The molecule has 2 rings (SSSR count). The minimum atomic E-state index is -0.647. The lowest BCUT2D eigenvalue weighted by Crippen LogP contribution is -2.40. The van der Waals surface area contributed by atoms with E-state index in [-0.39, 0.29) is 23.9 Å². The predicted molar refractivity (Wildman–Crippen MR) is 84.0 cm³/mol. The van der Waals surface area contributed by atoms with E-state index in [9.17, 15) is 9.59 Å². The molecule has 0 saturated carbocycles. The number of halogens is 1. The summed E-state index contributed by atoms with van der Waals surface area (Å²) in [4.78, 5) is 28.1. The van der Waals surface area contributed by atoms with Crippen molar-refractivity contribution in [2.45, 2.75) is 13.3 Å². The molecule has 1 heterocycles. The molecular weight excluding hydrogens is 306 g/mol. The minimum absolute atomic E-state index is 0.0857. The van der Waals surface area contributed by atoms with E-state index in [4.69, 9.17) is 22.1 Å². The first kappa shape index (κ1) is 16.0. The second-order valence-corrected chi connectivity index (χ2v) is 5.00. The first-order chi connectivity index (χ1) is 10.5. The molecule has 0 aromatic heterocycles. The van der Waals surface area contributed by atoms with Crippen LogP contribution in [0.15, 0.2) is 40.5 Å². The highest BCUT2D eigenvalue weighted by Crippen LogP contribution is 2.21. The molecule has 1 saturated heterocycles. The predicted octanol–water partition coefficient (Wildman–Crippen LogP) is 1.71. The van der Waals surface area contributed by atoms with Crippen molar-refractivity contribution in [1.82, 2.24) is 5.32 Å². The van der Waals surface area contributed by atoms with Gasteiger partial charge in [0.15, 0.2) is 0 Å². The van der Waals surface area contributed by atoms with Crippen molar-refractivity contribution in [2.24, 2.45) is 10.7 Å². The molecule has 1 aliphatic heterocycles. The lowest BCUT2D eigenvalue weighted by Gasteiger charge is -2.19. The third-order valence-corrected chi connectivity index (χ3v) is 3.27. The molecule has 1 aliphatic rings. The van der Waals surface area contributed by atoms with Crippen molar-refractivity contribution >= 4 is 34.9 Å². The van der Waals surface area contributed by atoms with E-state index in [0.29, 0.717) is 29.2 Å². The summed E-state index contributed by atoms with van der Waals surface area (Å²) in [6.45, 7) is 2.28. The fourth-order valence-electron chi connectivity index (χ4n) is 2.03. The highest BCUT2D eigenvalue weighted by Gasteiger charge is 2.26. The Bertz CT molecular complexity index is 668. The second-order valence-electron chi connectivity index (χ2n) is 4.56. The average molecular weight is 322 g/mol. The Morgan fingerprint density at radius 2 is 2.27 bits per heavy atom. The number of carbonyl (C=O) groups is 2. The van der Waals surface area contributed by atoms with E-state index in [1.165, 1.54) is 0 Å². The summed E-state index contributed by atoms with van der Waals surface area (Å²) >= 11 is 5.91. The SMILES string of the molecule is CCOC(=O)/C(N)=C1\CCNC(=O)C1=Nc1cccc(Cl)c1. The number of rotatable bonds is 3. The number of amides is 1. The Labute approximate surface area is 133 Å². The third-order valence-electron chi connectivity index (χ3n) is 3.03. The van der Waals surface area contributed by atoms with E-state index in [1.54, 1.807) is 31.2 Å². The summed E-state index contributed by atoms with van der Waals surface area (Å²) < 4.78 is 4.88. The number of nitrogens with zero attached hydrogens (tertiary/aromatic N) is 1. The lowest BCUT2D eigenvalue weighted by atomic mass is 10.00. The normalized spacial score (nSPS) is 18.8. The zero-order chi connectivity index (χ0) is 16.1. The molecule has 0 unspecified atom stereocenters. The van der Waals surface area contributed by atoms with Gasteiger partial charge in [-0.2, -0.15) is 0 Å². The number of piperidine rings is 1. The molecule has 1 aromatic carbocycles. The van der Waals surface area contributed by atoms with Crippen LogP contribution in [-0.2, 0) is 14.3 Å². The summed E-state index contributed by atoms with van der Waals surface area (Å²) in [6.07, 6.45) is 0.412. The molecule has 3 N–H and O–H groups in total. The van der Waals surface area contributed by atoms with Gasteiger partial charge in [0.1, 0.15) is 11.4 Å². The van der Waals surface area contributed by atoms with Crippen LogP contribution in [0, 0.1) is 0 Å². The highest BCUT2D eigenvalue weighted by molar-refractivity contribution is 6.47. The number of hydrogen-bond acceptors (Lipinski definition) is 5. The Morgan fingerprint density at radius 3 is 2.95 bits per heavy atom. The van der Waals surface area contributed by atoms with Crippen LogP contribution in [0.2, 0.25) is 5.02 Å². The Hall–Kier alpha value is -2.34. The van der Waals surface area contributed by atoms with Crippen molar-refractivity contribution in [3.05, 3.63) is 40.6 Å². The first-order valence-electron chi connectivity index (χ1n) is 6.81. The summed E-state index contributed by atoms with van der Waals surface area (Å²) in [5.41, 5.74) is 6.76. The number of hydrogen-bond donors (Lipinski definition) is 2. The molecular formula is C15H16ClN3O3. The molecule has 0 atom stereocenters. The first-order valence-corrected chi connectivity index (χ1v) is 7.19. The Balaban J connectivity index is 2.45. The fraction of sp³-hybridized carbons (Fsp3) is 0.267. The number of aliphatic imine (C=N–C) groups is 1. The van der Waals surface area contributed by atoms with Crippen LogP contribution >= 0.6 is 11.6 Å². The number of nitrogens with one attached hydrogen (secondary N) is 1. The maximum Gasteiger partial charge on any atom is 0.354 e. The molecule has 7 heteroatoms. The number of carbonyl (C=O) groups excluding carboxylic acids is 2. The summed E-state index contributed by atoms with van der Waals surface area (Å²) in [7, 11) is 0. The van der Waals surface area contributed by atoms with Gasteiger partial charge in [-0.15, -0.1) is 0 Å². The zero-order valence-electron chi connectivity index (χ0n) is 12.1. The number of nitrogens with two attached hydrogens (primary N) is 1. The Morgan fingerprint density at radius 1 is 1.50 bits per heavy atom. The van der Waals surface area contributed by atoms with Crippen LogP contribution in [0.1, 0.15) is 13.3 Å². The van der Waals surface area contributed by atoms with Crippen molar-refractivity contribution in [3.8, 4) is 0 Å². The summed E-state index contributed by atoms with van der Waals surface area (Å²) in [5, 5.41) is 3.18. The standard InChI is InChI=1S/C15H16ClN3O3/c1-2-22-15(21)12(17)11-6-7-18-14(20)13(11)19-10-5-3-4-9(16)8-10/h3-5,8H,2,6-7,17H2,1H3,(H,18,20)/b12-11-,19-13?. The van der Waals surface area contributed by atoms with E-state index in [1.807, 2.05) is 0 Å². The van der Waals surface area contributed by atoms with Gasteiger partial charge in [-0.25, -0.2) is 9.79 Å². The van der Waals surface area contributed by atoms with E-state index >= 15 is 0 Å². The average Bonchev–Trinajstić information content (AvgIpc) is 2.49. The molecule has 0 aliphatic carbocycles. The molecule has 0 spiro atoms. The fourth-order valence-corrected chi connectivity index (χ4v) is 2.21. The molecule has 1 amide bonds. The van der Waals surface area contributed by atoms with Gasteiger partial charge in [0.25, 0.3) is 5.91 Å². The van der Waals surface area contributed by atoms with Gasteiger partial charge in [-0.05, 0) is 31.5 Å². The molecule has 1 aromatic rings. The van der Waals surface area contributed by atoms with Gasteiger partial charge in [0.05, 0.1) is 12.3 Å². The summed E-state index contributed by atoms with van der Waals surface area (Å²) in [6, 6.07) is 6.75. The number of esters is 1. The van der Waals surface area contributed by atoms with Gasteiger partial charge in [0, 0.05) is 17.1 Å². The molecule has 0 radical (unpaired) electrons. The van der Waals surface area contributed by atoms with Gasteiger partial charge in [-0.1, -0.05) is 17.7 Å². The minimum Gasteiger partial charge on any atom is -0.461 e. The van der Waals surface area contributed by atoms with Gasteiger partial charge < -0.3 is 15.8 Å². The van der Waals surface area contributed by atoms with Crippen molar-refractivity contribution in [3.63, 3.8) is 0 Å². The largest absolute Gasteiger partial charge is 0.461 e. The maximum atomic E-state index is 12.1. The van der Waals surface area contributed by atoms with Crippen LogP contribution in [0.25, 0.3) is 0 Å². The van der Waals surface area contributed by atoms with Crippen LogP contribution in [0.3, 0.4) is 0 Å². The smallest absolute Gasteiger partial charge is 0.354 e. The second kappa shape index (κ2) is 7.09. The molecule has 1 fully saturated rings. The van der Waals surface area contributed by atoms with Crippen molar-refractivity contribution in [1.29, 1.82) is 0 Å². The molecule has 6 nitrogen and oxygen atoms in total. The van der Waals surface area contributed by atoms with Gasteiger partial charge >= 0.3 is 5.97 Å². The molecule has 22 heavy (non-hydrogen) atoms. The van der Waals surface area contributed by atoms with Crippen LogP contribution < -0.4 is 11.1 Å². The monoisotopic (exact) mass is 321 g/mol. The van der Waals surface area contributed by atoms with Gasteiger partial charge in [0.2, 0.25) is 0 Å². The zero-order valence-corrected chi connectivity index (χ0v) is 12.8. The lowest BCUT2D eigenvalue weighted by molar-refractivity contribution is -0.138. The topological polar surface area (TPSA) is 93.8 Å². The third kappa shape index (κ3) is 3.65. The molecule has 0 bridgehead atoms.